The van der Waals surface area contributed by atoms with Crippen LogP contribution < -0.4 is 0 Å². The molecule has 1 N–H and O–H groups in total. The van der Waals surface area contributed by atoms with Gasteiger partial charge in [-0.25, -0.2) is 0 Å². The number of aromatic nitrogens is 2. The van der Waals surface area contributed by atoms with E-state index in [2.05, 4.69) is 64.8 Å². The molecule has 134 valence electrons. The Kier molecular flexibility index (Phi) is 4.62. The number of pyridine rings is 1. The highest BCUT2D eigenvalue weighted by Crippen LogP contribution is 2.33. The molecule has 26 heavy (non-hydrogen) atoms. The van der Waals surface area contributed by atoms with E-state index in [0.717, 1.165) is 26.1 Å². The van der Waals surface area contributed by atoms with Gasteiger partial charge in [0, 0.05) is 55.7 Å². The Hall–Kier alpha value is -2.43. The monoisotopic (exact) mass is 347 g/mol. The number of nitrogens with zero attached hydrogens (tertiary/aromatic N) is 3. The Labute approximate surface area is 154 Å². The van der Waals surface area contributed by atoms with E-state index in [1.165, 1.54) is 38.9 Å². The van der Waals surface area contributed by atoms with E-state index in [1.54, 1.807) is 0 Å². The maximum Gasteiger partial charge on any atom is 0.0558 e. The number of aryl methyl sites for hydroxylation is 1. The fourth-order valence-corrected chi connectivity index (χ4v) is 3.93. The molecule has 0 bridgehead atoms. The Morgan fingerprint density at radius 1 is 1.23 bits per heavy atom. The zero-order valence-corrected chi connectivity index (χ0v) is 15.4. The van der Waals surface area contributed by atoms with Crippen molar-refractivity contribution in [3.8, 4) is 0 Å². The Balaban J connectivity index is 1.85. The molecule has 0 spiro atoms. The van der Waals surface area contributed by atoms with Crippen LogP contribution >= 0.6 is 0 Å². The number of hydrogen-bond acceptors (Lipinski definition) is 3. The first-order chi connectivity index (χ1) is 12.7. The quantitative estimate of drug-likeness (QED) is 0.782. The van der Waals surface area contributed by atoms with E-state index in [-0.39, 0.29) is 6.61 Å². The van der Waals surface area contributed by atoms with Crippen LogP contribution in [0.5, 0.6) is 0 Å². The van der Waals surface area contributed by atoms with Crippen molar-refractivity contribution in [3.05, 3.63) is 65.1 Å². The number of aliphatic hydroxyl groups is 1. The van der Waals surface area contributed by atoms with Crippen molar-refractivity contribution in [2.24, 2.45) is 0 Å². The normalized spacial score (nSPS) is 15.4. The molecule has 1 aromatic carbocycles. The van der Waals surface area contributed by atoms with Gasteiger partial charge in [0.15, 0.2) is 0 Å². The average Bonchev–Trinajstić information content (AvgIpc) is 2.95. The Morgan fingerprint density at radius 3 is 2.81 bits per heavy atom. The van der Waals surface area contributed by atoms with Gasteiger partial charge in [-0.05, 0) is 54.8 Å². The molecule has 4 rings (SSSR count). The van der Waals surface area contributed by atoms with Crippen LogP contribution in [-0.4, -0.2) is 39.3 Å². The molecule has 1 aliphatic rings. The van der Waals surface area contributed by atoms with Gasteiger partial charge in [-0.2, -0.15) is 0 Å². The predicted molar refractivity (Wildman–Crippen MR) is 107 cm³/mol. The van der Waals surface area contributed by atoms with Crippen molar-refractivity contribution >= 4 is 22.7 Å². The van der Waals surface area contributed by atoms with Gasteiger partial charge in [0.2, 0.25) is 0 Å². The van der Waals surface area contributed by atoms with Crippen molar-refractivity contribution in [2.45, 2.75) is 26.8 Å². The van der Waals surface area contributed by atoms with E-state index in [9.17, 15) is 5.11 Å². The summed E-state index contributed by atoms with van der Waals surface area (Å²) < 4.78 is 2.37. The summed E-state index contributed by atoms with van der Waals surface area (Å²) in [5, 5.41) is 10.6. The first-order valence-corrected chi connectivity index (χ1v) is 9.21. The van der Waals surface area contributed by atoms with Gasteiger partial charge >= 0.3 is 0 Å². The molecule has 2 aromatic heterocycles. The van der Waals surface area contributed by atoms with Crippen LogP contribution in [0.2, 0.25) is 0 Å². The van der Waals surface area contributed by atoms with Gasteiger partial charge in [0.1, 0.15) is 0 Å². The second-order valence-electron chi connectivity index (χ2n) is 7.11. The third kappa shape index (κ3) is 3.06. The molecule has 4 nitrogen and oxygen atoms in total. The molecule has 0 atom stereocenters. The minimum atomic E-state index is 0.216. The van der Waals surface area contributed by atoms with Gasteiger partial charge in [-0.1, -0.05) is 11.6 Å². The molecule has 3 heterocycles. The van der Waals surface area contributed by atoms with Crippen LogP contribution in [0, 0.1) is 6.92 Å². The van der Waals surface area contributed by atoms with Crippen LogP contribution in [0.25, 0.3) is 22.7 Å². The molecular weight excluding hydrogens is 322 g/mol. The van der Waals surface area contributed by atoms with E-state index in [0.29, 0.717) is 0 Å². The molecule has 0 saturated carbocycles. The van der Waals surface area contributed by atoms with E-state index in [1.807, 2.05) is 12.4 Å². The molecule has 0 radical (unpaired) electrons. The molecule has 0 unspecified atom stereocenters. The number of hydrogen-bond donors (Lipinski definition) is 1. The molecule has 3 aromatic rings. The number of aliphatic hydroxyl groups excluding tert-OH is 1. The van der Waals surface area contributed by atoms with Crippen LogP contribution in [0.1, 0.15) is 29.3 Å². The zero-order chi connectivity index (χ0) is 18.1. The minimum absolute atomic E-state index is 0.216. The first kappa shape index (κ1) is 17.0. The lowest BCUT2D eigenvalue weighted by molar-refractivity contribution is 0.184. The van der Waals surface area contributed by atoms with Crippen LogP contribution in [0.4, 0.5) is 0 Å². The van der Waals surface area contributed by atoms with Gasteiger partial charge < -0.3 is 9.67 Å². The fraction of sp³-hybridized carbons (Fsp3) is 0.318. The summed E-state index contributed by atoms with van der Waals surface area (Å²) in [4.78, 5) is 6.46. The second kappa shape index (κ2) is 7.06. The molecule has 1 aliphatic heterocycles. The summed E-state index contributed by atoms with van der Waals surface area (Å²) in [7, 11) is 0. The highest BCUT2D eigenvalue weighted by molar-refractivity contribution is 5.90. The maximum atomic E-state index is 9.31. The van der Waals surface area contributed by atoms with Gasteiger partial charge in [0.05, 0.1) is 12.1 Å². The smallest absolute Gasteiger partial charge is 0.0558 e. The topological polar surface area (TPSA) is 41.3 Å². The minimum Gasteiger partial charge on any atom is -0.395 e. The summed E-state index contributed by atoms with van der Waals surface area (Å²) in [6, 6.07) is 10.8. The van der Waals surface area contributed by atoms with Crippen molar-refractivity contribution in [3.63, 3.8) is 0 Å². The largest absolute Gasteiger partial charge is 0.395 e. The fourth-order valence-electron chi connectivity index (χ4n) is 3.93. The SMILES string of the molecule is C/C(=C/n1c2c(c3cc(C)ccc31)CN(CCO)CC2)c1ccncc1. The molecule has 4 heteroatoms. The molecule has 0 amide bonds. The summed E-state index contributed by atoms with van der Waals surface area (Å²) in [6.07, 6.45) is 6.94. The summed E-state index contributed by atoms with van der Waals surface area (Å²) in [5.74, 6) is 0. The summed E-state index contributed by atoms with van der Waals surface area (Å²) >= 11 is 0. The van der Waals surface area contributed by atoms with Crippen molar-refractivity contribution in [1.29, 1.82) is 0 Å². The number of fused-ring (bicyclic) bond motifs is 3. The maximum absolute atomic E-state index is 9.31. The molecular formula is C22H25N3O. The third-order valence-electron chi connectivity index (χ3n) is 5.30. The van der Waals surface area contributed by atoms with Crippen molar-refractivity contribution in [2.75, 3.05) is 19.7 Å². The highest BCUT2D eigenvalue weighted by atomic mass is 16.3. The standard InChI is InChI=1S/C22H25N3O/c1-16-3-4-21-19(13-16)20-15-24(11-12-26)10-7-22(20)25(21)14-17(2)18-5-8-23-9-6-18/h3-6,8-9,13-14,26H,7,10-12,15H2,1-2H3/b17-14-. The zero-order valence-electron chi connectivity index (χ0n) is 15.4. The van der Waals surface area contributed by atoms with Crippen LogP contribution in [0.3, 0.4) is 0 Å². The molecule has 0 saturated heterocycles. The highest BCUT2D eigenvalue weighted by Gasteiger charge is 2.23. The Bertz CT molecular complexity index is 956. The second-order valence-corrected chi connectivity index (χ2v) is 7.11. The number of benzene rings is 1. The average molecular weight is 347 g/mol. The lowest BCUT2D eigenvalue weighted by Gasteiger charge is -2.27. The third-order valence-corrected chi connectivity index (χ3v) is 5.30. The Morgan fingerprint density at radius 2 is 2.04 bits per heavy atom. The van der Waals surface area contributed by atoms with Crippen LogP contribution in [0.15, 0.2) is 42.7 Å². The predicted octanol–water partition coefficient (Wildman–Crippen LogP) is 3.71. The van der Waals surface area contributed by atoms with Crippen molar-refractivity contribution < 1.29 is 5.11 Å². The molecule has 0 aliphatic carbocycles. The van der Waals surface area contributed by atoms with Gasteiger partial charge in [0.25, 0.3) is 0 Å². The summed E-state index contributed by atoms with van der Waals surface area (Å²) in [6.45, 7) is 7.16. The lowest BCUT2D eigenvalue weighted by atomic mass is 10.0. The number of rotatable bonds is 4. The summed E-state index contributed by atoms with van der Waals surface area (Å²) in [5.41, 5.74) is 7.77. The van der Waals surface area contributed by atoms with E-state index < -0.39 is 0 Å². The number of β-amino-alcohol motifs (C(OH)–C–C–N with tert-alkyl or cyclic N) is 1. The first-order valence-electron chi connectivity index (χ1n) is 9.21. The van der Waals surface area contributed by atoms with Crippen molar-refractivity contribution in [1.82, 2.24) is 14.5 Å². The van der Waals surface area contributed by atoms with Gasteiger partial charge in [-0.15, -0.1) is 0 Å². The number of allylic oxidation sites excluding steroid dienone is 1. The van der Waals surface area contributed by atoms with Crippen LogP contribution in [-0.2, 0) is 13.0 Å². The van der Waals surface area contributed by atoms with E-state index in [4.69, 9.17) is 0 Å². The van der Waals surface area contributed by atoms with E-state index >= 15 is 0 Å². The lowest BCUT2D eigenvalue weighted by Crippen LogP contribution is -2.33. The van der Waals surface area contributed by atoms with Gasteiger partial charge in [-0.3, -0.25) is 9.88 Å². The molecule has 0 fully saturated rings.